The Morgan fingerprint density at radius 1 is 1.14 bits per heavy atom. The molecule has 0 atom stereocenters. The molecule has 4 aromatic heterocycles. The number of hydrogen-bond acceptors (Lipinski definition) is 4. The first-order valence-corrected chi connectivity index (χ1v) is 10.4. The molecule has 29 heavy (non-hydrogen) atoms. The van der Waals surface area contributed by atoms with Gasteiger partial charge in [-0.25, -0.2) is 15.0 Å². The first kappa shape index (κ1) is 19.3. The molecule has 0 fully saturated rings. The van der Waals surface area contributed by atoms with Gasteiger partial charge in [0.1, 0.15) is 28.9 Å². The van der Waals surface area contributed by atoms with Crippen LogP contribution in [0.2, 0.25) is 0 Å². The van der Waals surface area contributed by atoms with Crippen molar-refractivity contribution in [2.45, 2.75) is 39.7 Å². The first-order chi connectivity index (χ1) is 14.1. The fraction of sp³-hybridized carbons (Fsp3) is 0.273. The predicted octanol–water partition coefficient (Wildman–Crippen LogP) is 4.95. The third-order valence-electron chi connectivity index (χ3n) is 5.00. The number of aryl methyl sites for hydroxylation is 2. The van der Waals surface area contributed by atoms with Crippen LogP contribution in [0.1, 0.15) is 42.4 Å². The third-order valence-corrected chi connectivity index (χ3v) is 5.61. The van der Waals surface area contributed by atoms with Gasteiger partial charge in [-0.1, -0.05) is 19.4 Å². The summed E-state index contributed by atoms with van der Waals surface area (Å²) in [5.41, 5.74) is 4.63. The molecule has 4 heterocycles. The van der Waals surface area contributed by atoms with Gasteiger partial charge in [0.2, 0.25) is 0 Å². The van der Waals surface area contributed by atoms with Crippen molar-refractivity contribution in [1.82, 2.24) is 24.1 Å². The molecule has 0 amide bonds. The second-order valence-corrected chi connectivity index (χ2v) is 7.84. The van der Waals surface area contributed by atoms with Crippen LogP contribution in [0.15, 0.2) is 47.3 Å². The number of imidazole rings is 1. The summed E-state index contributed by atoms with van der Waals surface area (Å²) in [6.45, 7) is 4.92. The van der Waals surface area contributed by atoms with Crippen LogP contribution in [0.3, 0.4) is 0 Å². The Morgan fingerprint density at radius 2 is 2.00 bits per heavy atom. The van der Waals surface area contributed by atoms with Gasteiger partial charge in [0.25, 0.3) is 0 Å². The molecule has 4 aromatic rings. The van der Waals surface area contributed by atoms with Crippen molar-refractivity contribution in [2.75, 3.05) is 0 Å². The average molecular weight is 449 g/mol. The summed E-state index contributed by atoms with van der Waals surface area (Å²) in [7, 11) is 0. The molecule has 0 bridgehead atoms. The monoisotopic (exact) mass is 448 g/mol. The molecule has 0 aliphatic heterocycles. The Morgan fingerprint density at radius 3 is 2.72 bits per heavy atom. The minimum absolute atomic E-state index is 0.541. The van der Waals surface area contributed by atoms with Crippen LogP contribution in [0.4, 0.5) is 0 Å². The van der Waals surface area contributed by atoms with Crippen LogP contribution in [-0.4, -0.2) is 24.1 Å². The van der Waals surface area contributed by atoms with Gasteiger partial charge in [0.15, 0.2) is 5.65 Å². The smallest absolute Gasteiger partial charge is 0.160 e. The molecule has 0 N–H and O–H groups in total. The molecule has 0 aliphatic carbocycles. The highest BCUT2D eigenvalue weighted by Crippen LogP contribution is 2.22. The topological polar surface area (TPSA) is 72.3 Å². The highest BCUT2D eigenvalue weighted by Gasteiger charge is 2.14. The maximum Gasteiger partial charge on any atom is 0.160 e. The van der Waals surface area contributed by atoms with E-state index in [1.165, 1.54) is 0 Å². The lowest BCUT2D eigenvalue weighted by Crippen LogP contribution is -2.07. The molecule has 0 radical (unpaired) electrons. The second kappa shape index (κ2) is 8.18. The van der Waals surface area contributed by atoms with Crippen LogP contribution in [-0.2, 0) is 13.0 Å². The van der Waals surface area contributed by atoms with Crippen molar-refractivity contribution in [1.29, 1.82) is 5.26 Å². The van der Waals surface area contributed by atoms with E-state index in [0.29, 0.717) is 18.1 Å². The van der Waals surface area contributed by atoms with E-state index in [2.05, 4.69) is 50.4 Å². The third kappa shape index (κ3) is 3.68. The molecular weight excluding hydrogens is 428 g/mol. The fourth-order valence-corrected chi connectivity index (χ4v) is 3.94. The molecular formula is C22H21BrN6. The molecule has 0 aromatic carbocycles. The van der Waals surface area contributed by atoms with Gasteiger partial charge in [-0.05, 0) is 64.7 Å². The predicted molar refractivity (Wildman–Crippen MR) is 116 cm³/mol. The zero-order chi connectivity index (χ0) is 20.4. The van der Waals surface area contributed by atoms with Gasteiger partial charge < -0.3 is 4.57 Å². The summed E-state index contributed by atoms with van der Waals surface area (Å²) in [6, 6.07) is 11.8. The summed E-state index contributed by atoms with van der Waals surface area (Å²) in [5, 5.41) is 9.31. The molecule has 6 nitrogen and oxygen atoms in total. The maximum atomic E-state index is 9.31. The Labute approximate surface area is 178 Å². The minimum Gasteiger partial charge on any atom is -0.308 e. The zero-order valence-corrected chi connectivity index (χ0v) is 18.0. The molecule has 146 valence electrons. The lowest BCUT2D eigenvalue weighted by atomic mass is 10.2. The Kier molecular flexibility index (Phi) is 5.45. The van der Waals surface area contributed by atoms with Crippen molar-refractivity contribution in [3.63, 3.8) is 0 Å². The van der Waals surface area contributed by atoms with Gasteiger partial charge in [-0.15, -0.1) is 0 Å². The second-order valence-electron chi connectivity index (χ2n) is 7.03. The van der Waals surface area contributed by atoms with Crippen LogP contribution in [0.5, 0.6) is 0 Å². The van der Waals surface area contributed by atoms with Gasteiger partial charge in [-0.3, -0.25) is 4.57 Å². The summed E-state index contributed by atoms with van der Waals surface area (Å²) in [6.07, 6.45) is 6.85. The number of nitriles is 1. The van der Waals surface area contributed by atoms with E-state index >= 15 is 0 Å². The van der Waals surface area contributed by atoms with Crippen molar-refractivity contribution in [3.8, 4) is 11.9 Å². The van der Waals surface area contributed by atoms with E-state index in [9.17, 15) is 5.26 Å². The van der Waals surface area contributed by atoms with E-state index in [1.807, 2.05) is 36.7 Å². The van der Waals surface area contributed by atoms with E-state index in [1.54, 1.807) is 10.6 Å². The summed E-state index contributed by atoms with van der Waals surface area (Å²) in [5.74, 6) is 1.77. The largest absolute Gasteiger partial charge is 0.308 e. The van der Waals surface area contributed by atoms with Gasteiger partial charge in [0.05, 0.1) is 11.1 Å². The molecule has 0 aliphatic rings. The van der Waals surface area contributed by atoms with Crippen molar-refractivity contribution in [3.05, 3.63) is 70.0 Å². The van der Waals surface area contributed by atoms with Gasteiger partial charge >= 0.3 is 0 Å². The normalized spacial score (nSPS) is 11.1. The average Bonchev–Trinajstić information content (AvgIpc) is 3.28. The summed E-state index contributed by atoms with van der Waals surface area (Å²) < 4.78 is 4.78. The summed E-state index contributed by atoms with van der Waals surface area (Å²) >= 11 is 3.48. The fourth-order valence-electron chi connectivity index (χ4n) is 3.43. The van der Waals surface area contributed by atoms with Crippen molar-refractivity contribution < 1.29 is 0 Å². The Balaban J connectivity index is 1.69. The number of nitrogens with zero attached hydrogens (tertiary/aromatic N) is 6. The minimum atomic E-state index is 0.541. The van der Waals surface area contributed by atoms with Crippen LogP contribution >= 0.6 is 15.9 Å². The van der Waals surface area contributed by atoms with Gasteiger partial charge in [0, 0.05) is 18.8 Å². The molecule has 0 saturated carbocycles. The van der Waals surface area contributed by atoms with E-state index in [4.69, 9.17) is 4.98 Å². The van der Waals surface area contributed by atoms with Crippen LogP contribution < -0.4 is 0 Å². The van der Waals surface area contributed by atoms with Gasteiger partial charge in [-0.2, -0.15) is 5.26 Å². The Hall–Kier alpha value is -2.98. The van der Waals surface area contributed by atoms with Crippen LogP contribution in [0.25, 0.3) is 17.0 Å². The quantitative estimate of drug-likeness (QED) is 0.418. The Bertz CT molecular complexity index is 1200. The highest BCUT2D eigenvalue weighted by atomic mass is 79.9. The first-order valence-electron chi connectivity index (χ1n) is 9.65. The zero-order valence-electron chi connectivity index (χ0n) is 16.4. The number of pyridine rings is 2. The maximum absolute atomic E-state index is 9.31. The summed E-state index contributed by atoms with van der Waals surface area (Å²) in [4.78, 5) is 14.1. The van der Waals surface area contributed by atoms with Crippen molar-refractivity contribution >= 4 is 27.1 Å². The molecule has 0 unspecified atom stereocenters. The molecule has 0 spiro atoms. The SMILES string of the molecule is CCCCc1nc2c(C)ccnc2n1Cc1ccc(-n2c(Br)ccc2C#N)nc1. The number of halogens is 1. The number of aromatic nitrogens is 5. The molecule has 0 saturated heterocycles. The van der Waals surface area contributed by atoms with E-state index in [0.717, 1.165) is 52.0 Å². The number of rotatable bonds is 6. The van der Waals surface area contributed by atoms with Crippen molar-refractivity contribution in [2.24, 2.45) is 0 Å². The lowest BCUT2D eigenvalue weighted by Gasteiger charge is -2.10. The number of hydrogen-bond donors (Lipinski definition) is 0. The highest BCUT2D eigenvalue weighted by molar-refractivity contribution is 9.10. The standard InChI is InChI=1S/C22H21BrN6/c1-3-4-5-20-27-21-15(2)10-11-25-22(21)28(20)14-16-6-9-19(26-13-16)29-17(12-24)7-8-18(29)23/h6-11,13H,3-5,14H2,1-2H3. The van der Waals surface area contributed by atoms with Crippen LogP contribution in [0, 0.1) is 18.3 Å². The number of unbranched alkanes of at least 4 members (excludes halogenated alkanes) is 1. The number of fused-ring (bicyclic) bond motifs is 1. The lowest BCUT2D eigenvalue weighted by molar-refractivity contribution is 0.685. The van der Waals surface area contributed by atoms with E-state index in [-0.39, 0.29) is 0 Å². The van der Waals surface area contributed by atoms with E-state index < -0.39 is 0 Å². The molecule has 7 heteroatoms. The molecule has 4 rings (SSSR count).